The van der Waals surface area contributed by atoms with E-state index >= 15 is 0 Å². The van der Waals surface area contributed by atoms with Gasteiger partial charge in [0.25, 0.3) is 11.1 Å². The molecule has 0 spiro atoms. The molecule has 4 rings (SSSR count). The van der Waals surface area contributed by atoms with Crippen molar-refractivity contribution in [1.29, 1.82) is 0 Å². The van der Waals surface area contributed by atoms with Gasteiger partial charge < -0.3 is 14.4 Å². The zero-order valence-electron chi connectivity index (χ0n) is 17.3. The summed E-state index contributed by atoms with van der Waals surface area (Å²) in [7, 11) is 3.07. The van der Waals surface area contributed by atoms with E-state index in [-0.39, 0.29) is 17.4 Å². The van der Waals surface area contributed by atoms with Crippen LogP contribution in [0.3, 0.4) is 0 Å². The number of methoxy groups -OCH3 is 2. The summed E-state index contributed by atoms with van der Waals surface area (Å²) < 4.78 is 10.5. The summed E-state index contributed by atoms with van der Waals surface area (Å²) in [6.45, 7) is 0.816. The van der Waals surface area contributed by atoms with E-state index in [1.54, 1.807) is 36.3 Å². The zero-order valence-corrected chi connectivity index (χ0v) is 18.1. The van der Waals surface area contributed by atoms with Crippen molar-refractivity contribution >= 4 is 34.9 Å². The summed E-state index contributed by atoms with van der Waals surface area (Å²) in [4.78, 5) is 41.0. The largest absolute Gasteiger partial charge is 0.493 e. The SMILES string of the molecule is COc1ccc(/C=C2\SC(=O)N(CC(=O)N3CCc4ccccc4C3)C2=O)cc1OC. The van der Waals surface area contributed by atoms with Crippen molar-refractivity contribution in [3.63, 3.8) is 0 Å². The second kappa shape index (κ2) is 8.85. The molecule has 0 aromatic heterocycles. The first-order valence-electron chi connectivity index (χ1n) is 9.82. The molecule has 0 bridgehead atoms. The number of imide groups is 1. The van der Waals surface area contributed by atoms with Crippen LogP contribution in [0.1, 0.15) is 16.7 Å². The van der Waals surface area contributed by atoms with Gasteiger partial charge in [0, 0.05) is 13.1 Å². The van der Waals surface area contributed by atoms with Crippen molar-refractivity contribution in [3.05, 3.63) is 64.1 Å². The number of thioether (sulfide) groups is 1. The highest BCUT2D eigenvalue weighted by atomic mass is 32.2. The van der Waals surface area contributed by atoms with Crippen LogP contribution in [0.2, 0.25) is 0 Å². The maximum absolute atomic E-state index is 12.8. The molecule has 1 saturated heterocycles. The molecule has 2 aromatic rings. The maximum Gasteiger partial charge on any atom is 0.294 e. The molecule has 0 N–H and O–H groups in total. The van der Waals surface area contributed by atoms with Gasteiger partial charge in [0.15, 0.2) is 11.5 Å². The minimum Gasteiger partial charge on any atom is -0.493 e. The lowest BCUT2D eigenvalue weighted by Gasteiger charge is -2.29. The number of benzene rings is 2. The van der Waals surface area contributed by atoms with E-state index in [1.165, 1.54) is 12.7 Å². The molecule has 7 nitrogen and oxygen atoms in total. The first kappa shape index (κ1) is 21.0. The van der Waals surface area contributed by atoms with Crippen LogP contribution in [-0.2, 0) is 22.6 Å². The van der Waals surface area contributed by atoms with Gasteiger partial charge in [0.05, 0.1) is 19.1 Å². The number of hydrogen-bond donors (Lipinski definition) is 0. The molecule has 160 valence electrons. The van der Waals surface area contributed by atoms with Crippen LogP contribution in [0, 0.1) is 0 Å². The standard InChI is InChI=1S/C23H22N2O5S/c1-29-18-8-7-15(11-19(18)30-2)12-20-22(27)25(23(28)31-20)14-21(26)24-10-9-16-5-3-4-6-17(16)13-24/h3-8,11-12H,9-10,13-14H2,1-2H3/b20-12-. The Labute approximate surface area is 184 Å². The Hall–Kier alpha value is -3.26. The highest BCUT2D eigenvalue weighted by Crippen LogP contribution is 2.34. The van der Waals surface area contributed by atoms with Gasteiger partial charge in [0.2, 0.25) is 5.91 Å². The number of rotatable bonds is 5. The van der Waals surface area contributed by atoms with E-state index in [0.29, 0.717) is 30.2 Å². The van der Waals surface area contributed by atoms with Crippen LogP contribution in [-0.4, -0.2) is 54.2 Å². The molecule has 8 heteroatoms. The van der Waals surface area contributed by atoms with Gasteiger partial charge in [-0.3, -0.25) is 19.3 Å². The topological polar surface area (TPSA) is 76.2 Å². The Kier molecular flexibility index (Phi) is 5.99. The fourth-order valence-electron chi connectivity index (χ4n) is 3.67. The highest BCUT2D eigenvalue weighted by molar-refractivity contribution is 8.18. The minimum atomic E-state index is -0.462. The summed E-state index contributed by atoms with van der Waals surface area (Å²) >= 11 is 0.833. The molecular formula is C23H22N2O5S. The average molecular weight is 439 g/mol. The van der Waals surface area contributed by atoms with E-state index in [2.05, 4.69) is 6.07 Å². The molecule has 1 fully saturated rings. The molecule has 0 atom stereocenters. The number of carbonyl (C=O) groups is 3. The first-order chi connectivity index (χ1) is 15.0. The van der Waals surface area contributed by atoms with Gasteiger partial charge in [-0.2, -0.15) is 0 Å². The number of nitrogens with zero attached hydrogens (tertiary/aromatic N) is 2. The lowest BCUT2D eigenvalue weighted by Crippen LogP contribution is -2.44. The first-order valence-corrected chi connectivity index (χ1v) is 10.6. The van der Waals surface area contributed by atoms with Crippen molar-refractivity contribution in [3.8, 4) is 11.5 Å². The molecule has 3 amide bonds. The second-order valence-electron chi connectivity index (χ2n) is 7.22. The number of amides is 3. The van der Waals surface area contributed by atoms with Gasteiger partial charge in [-0.25, -0.2) is 0 Å². The van der Waals surface area contributed by atoms with E-state index in [9.17, 15) is 14.4 Å². The Morgan fingerprint density at radius 2 is 1.81 bits per heavy atom. The third kappa shape index (κ3) is 4.29. The lowest BCUT2D eigenvalue weighted by molar-refractivity contribution is -0.136. The predicted molar refractivity (Wildman–Crippen MR) is 118 cm³/mol. The third-order valence-corrected chi connectivity index (χ3v) is 6.26. The molecule has 0 aliphatic carbocycles. The van der Waals surface area contributed by atoms with Crippen molar-refractivity contribution in [2.24, 2.45) is 0 Å². The Bertz CT molecular complexity index is 1080. The van der Waals surface area contributed by atoms with Crippen LogP contribution in [0.4, 0.5) is 4.79 Å². The van der Waals surface area contributed by atoms with E-state index in [4.69, 9.17) is 9.47 Å². The Balaban J connectivity index is 1.46. The fraction of sp³-hybridized carbons (Fsp3) is 0.261. The number of ether oxygens (including phenoxy) is 2. The summed E-state index contributed by atoms with van der Waals surface area (Å²) in [6.07, 6.45) is 2.39. The molecule has 0 radical (unpaired) electrons. The molecule has 2 aliphatic rings. The fourth-order valence-corrected chi connectivity index (χ4v) is 4.51. The lowest BCUT2D eigenvalue weighted by atomic mass is 10.00. The van der Waals surface area contributed by atoms with Crippen LogP contribution < -0.4 is 9.47 Å². The van der Waals surface area contributed by atoms with Crippen LogP contribution in [0.5, 0.6) is 11.5 Å². The molecule has 0 unspecified atom stereocenters. The normalized spacial score (nSPS) is 17.2. The molecule has 0 saturated carbocycles. The van der Waals surface area contributed by atoms with E-state index in [1.807, 2.05) is 18.2 Å². The Morgan fingerprint density at radius 1 is 1.06 bits per heavy atom. The third-order valence-electron chi connectivity index (χ3n) is 5.36. The van der Waals surface area contributed by atoms with Crippen LogP contribution in [0.15, 0.2) is 47.4 Å². The van der Waals surface area contributed by atoms with Gasteiger partial charge in [0.1, 0.15) is 6.54 Å². The average Bonchev–Trinajstić information content (AvgIpc) is 3.05. The summed E-state index contributed by atoms with van der Waals surface area (Å²) in [5.74, 6) is 0.400. The van der Waals surface area contributed by atoms with Crippen molar-refractivity contribution in [2.45, 2.75) is 13.0 Å². The van der Waals surface area contributed by atoms with Crippen LogP contribution in [0.25, 0.3) is 6.08 Å². The van der Waals surface area contributed by atoms with Gasteiger partial charge >= 0.3 is 0 Å². The quantitative estimate of drug-likeness (QED) is 0.667. The van der Waals surface area contributed by atoms with Crippen LogP contribution >= 0.6 is 11.8 Å². The molecular weight excluding hydrogens is 416 g/mol. The summed E-state index contributed by atoms with van der Waals surface area (Å²) in [6, 6.07) is 13.2. The van der Waals surface area contributed by atoms with E-state index < -0.39 is 11.1 Å². The number of carbonyl (C=O) groups excluding carboxylic acids is 3. The zero-order chi connectivity index (χ0) is 22.0. The smallest absolute Gasteiger partial charge is 0.294 e. The summed E-state index contributed by atoms with van der Waals surface area (Å²) in [5.41, 5.74) is 3.03. The van der Waals surface area contributed by atoms with Crippen molar-refractivity contribution < 1.29 is 23.9 Å². The van der Waals surface area contributed by atoms with Gasteiger partial charge in [-0.1, -0.05) is 30.3 Å². The highest BCUT2D eigenvalue weighted by Gasteiger charge is 2.37. The minimum absolute atomic E-state index is 0.232. The Morgan fingerprint density at radius 3 is 2.55 bits per heavy atom. The molecule has 31 heavy (non-hydrogen) atoms. The van der Waals surface area contributed by atoms with Crippen molar-refractivity contribution in [2.75, 3.05) is 27.3 Å². The van der Waals surface area contributed by atoms with E-state index in [0.717, 1.165) is 28.6 Å². The molecule has 2 aliphatic heterocycles. The maximum atomic E-state index is 12.8. The monoisotopic (exact) mass is 438 g/mol. The molecule has 2 aromatic carbocycles. The molecule has 2 heterocycles. The van der Waals surface area contributed by atoms with Gasteiger partial charge in [-0.15, -0.1) is 0 Å². The number of fused-ring (bicyclic) bond motifs is 1. The van der Waals surface area contributed by atoms with Gasteiger partial charge in [-0.05, 0) is 53.1 Å². The summed E-state index contributed by atoms with van der Waals surface area (Å²) in [5, 5.41) is -0.442. The predicted octanol–water partition coefficient (Wildman–Crippen LogP) is 3.33. The van der Waals surface area contributed by atoms with Crippen molar-refractivity contribution in [1.82, 2.24) is 9.80 Å². The second-order valence-corrected chi connectivity index (χ2v) is 8.21. The number of hydrogen-bond acceptors (Lipinski definition) is 6.